The zero-order chi connectivity index (χ0) is 11.4. The minimum atomic E-state index is -0.928. The number of ether oxygens (including phenoxy) is 1. The van der Waals surface area contributed by atoms with Crippen LogP contribution in [0.3, 0.4) is 0 Å². The molecule has 0 bridgehead atoms. The van der Waals surface area contributed by atoms with Crippen molar-refractivity contribution in [2.75, 3.05) is 13.2 Å². The smallest absolute Gasteiger partial charge is 0.336 e. The van der Waals surface area contributed by atoms with Crippen molar-refractivity contribution in [1.82, 2.24) is 0 Å². The van der Waals surface area contributed by atoms with Crippen LogP contribution in [0, 0.1) is 13.8 Å². The van der Waals surface area contributed by atoms with Gasteiger partial charge in [0.2, 0.25) is 0 Å². The van der Waals surface area contributed by atoms with E-state index >= 15 is 0 Å². The number of aryl methyl sites for hydroxylation is 1. The van der Waals surface area contributed by atoms with Crippen LogP contribution < -0.4 is 10.5 Å². The molecule has 0 saturated heterocycles. The Bertz CT molecular complexity index is 380. The number of carboxylic acids is 1. The SMILES string of the molecule is Cc1ccc(OCCN)c(C)c1C(=O)O.Cl. The minimum Gasteiger partial charge on any atom is -0.492 e. The third-order valence-electron chi connectivity index (χ3n) is 2.21. The monoisotopic (exact) mass is 245 g/mol. The summed E-state index contributed by atoms with van der Waals surface area (Å²) in [5.41, 5.74) is 7.01. The Kier molecular flexibility index (Phi) is 5.85. The van der Waals surface area contributed by atoms with Crippen molar-refractivity contribution in [3.05, 3.63) is 28.8 Å². The first-order valence-electron chi connectivity index (χ1n) is 4.74. The van der Waals surface area contributed by atoms with E-state index in [4.69, 9.17) is 15.6 Å². The summed E-state index contributed by atoms with van der Waals surface area (Å²) in [7, 11) is 0. The summed E-state index contributed by atoms with van der Waals surface area (Å²) in [5, 5.41) is 9.02. The Hall–Kier alpha value is -1.26. The average molecular weight is 246 g/mol. The third-order valence-corrected chi connectivity index (χ3v) is 2.21. The van der Waals surface area contributed by atoms with E-state index in [0.29, 0.717) is 30.0 Å². The Morgan fingerprint density at radius 3 is 2.56 bits per heavy atom. The highest BCUT2D eigenvalue weighted by Crippen LogP contribution is 2.24. The highest BCUT2D eigenvalue weighted by atomic mass is 35.5. The molecule has 90 valence electrons. The molecule has 0 saturated carbocycles. The maximum absolute atomic E-state index is 11.0. The van der Waals surface area contributed by atoms with Gasteiger partial charge >= 0.3 is 5.97 Å². The topological polar surface area (TPSA) is 72.5 Å². The summed E-state index contributed by atoms with van der Waals surface area (Å²) in [4.78, 5) is 11.0. The second-order valence-electron chi connectivity index (χ2n) is 3.32. The second kappa shape index (κ2) is 6.35. The molecule has 0 amide bonds. The molecule has 0 aliphatic carbocycles. The van der Waals surface area contributed by atoms with Crippen LogP contribution in [0.4, 0.5) is 0 Å². The summed E-state index contributed by atoms with van der Waals surface area (Å²) < 4.78 is 5.34. The van der Waals surface area contributed by atoms with Crippen LogP contribution in [-0.2, 0) is 0 Å². The first-order valence-corrected chi connectivity index (χ1v) is 4.74. The predicted molar refractivity (Wildman–Crippen MR) is 64.7 cm³/mol. The fourth-order valence-electron chi connectivity index (χ4n) is 1.48. The van der Waals surface area contributed by atoms with Gasteiger partial charge in [-0.05, 0) is 25.5 Å². The third kappa shape index (κ3) is 3.12. The number of aromatic carboxylic acids is 1. The van der Waals surface area contributed by atoms with E-state index in [0.717, 1.165) is 5.56 Å². The average Bonchev–Trinajstić information content (AvgIpc) is 2.16. The van der Waals surface area contributed by atoms with Crippen LogP contribution in [0.1, 0.15) is 21.5 Å². The number of carbonyl (C=O) groups is 1. The highest BCUT2D eigenvalue weighted by Gasteiger charge is 2.14. The van der Waals surface area contributed by atoms with Crippen molar-refractivity contribution in [2.45, 2.75) is 13.8 Å². The molecule has 0 fully saturated rings. The largest absolute Gasteiger partial charge is 0.492 e. The van der Waals surface area contributed by atoms with Gasteiger partial charge in [-0.3, -0.25) is 0 Å². The van der Waals surface area contributed by atoms with E-state index in [2.05, 4.69) is 0 Å². The first-order chi connectivity index (χ1) is 7.07. The molecule has 1 rings (SSSR count). The molecule has 0 unspecified atom stereocenters. The Labute approximate surface area is 101 Å². The summed E-state index contributed by atoms with van der Waals surface area (Å²) in [6, 6.07) is 3.51. The second-order valence-corrected chi connectivity index (χ2v) is 3.32. The molecule has 5 heteroatoms. The van der Waals surface area contributed by atoms with Crippen LogP contribution in [0.25, 0.3) is 0 Å². The van der Waals surface area contributed by atoms with Crippen molar-refractivity contribution >= 4 is 18.4 Å². The highest BCUT2D eigenvalue weighted by molar-refractivity contribution is 5.91. The fourth-order valence-corrected chi connectivity index (χ4v) is 1.48. The van der Waals surface area contributed by atoms with E-state index in [1.807, 2.05) is 0 Å². The maximum Gasteiger partial charge on any atom is 0.336 e. The van der Waals surface area contributed by atoms with Gasteiger partial charge < -0.3 is 15.6 Å². The first kappa shape index (κ1) is 14.7. The molecule has 0 heterocycles. The number of carboxylic acid groups (broad SMARTS) is 1. The van der Waals surface area contributed by atoms with Gasteiger partial charge in [-0.15, -0.1) is 12.4 Å². The van der Waals surface area contributed by atoms with Gasteiger partial charge in [-0.25, -0.2) is 4.79 Å². The maximum atomic E-state index is 11.0. The van der Waals surface area contributed by atoms with Crippen molar-refractivity contribution in [3.8, 4) is 5.75 Å². The zero-order valence-electron chi connectivity index (χ0n) is 9.32. The van der Waals surface area contributed by atoms with Crippen LogP contribution in [0.5, 0.6) is 5.75 Å². The summed E-state index contributed by atoms with van der Waals surface area (Å²) in [5.74, 6) is -0.341. The number of hydrogen-bond donors (Lipinski definition) is 2. The lowest BCUT2D eigenvalue weighted by molar-refractivity contribution is 0.0694. The van der Waals surface area contributed by atoms with E-state index in [9.17, 15) is 4.79 Å². The van der Waals surface area contributed by atoms with Gasteiger partial charge in [0.25, 0.3) is 0 Å². The standard InChI is InChI=1S/C11H15NO3.ClH/c1-7-3-4-9(15-6-5-12)8(2)10(7)11(13)14;/h3-4H,5-6,12H2,1-2H3,(H,13,14);1H. The number of hydrogen-bond acceptors (Lipinski definition) is 3. The van der Waals surface area contributed by atoms with Crippen LogP contribution in [-0.4, -0.2) is 24.2 Å². The van der Waals surface area contributed by atoms with Gasteiger partial charge in [-0.2, -0.15) is 0 Å². The number of nitrogens with two attached hydrogens (primary N) is 1. The van der Waals surface area contributed by atoms with Crippen molar-refractivity contribution < 1.29 is 14.6 Å². The van der Waals surface area contributed by atoms with Gasteiger partial charge in [-0.1, -0.05) is 6.07 Å². The number of benzene rings is 1. The lowest BCUT2D eigenvalue weighted by atomic mass is 10.0. The van der Waals surface area contributed by atoms with Crippen molar-refractivity contribution in [1.29, 1.82) is 0 Å². The lowest BCUT2D eigenvalue weighted by Gasteiger charge is -2.11. The summed E-state index contributed by atoms with van der Waals surface area (Å²) in [6.45, 7) is 4.31. The van der Waals surface area contributed by atoms with Crippen molar-refractivity contribution in [3.63, 3.8) is 0 Å². The van der Waals surface area contributed by atoms with Gasteiger partial charge in [0.1, 0.15) is 12.4 Å². The molecule has 3 N–H and O–H groups in total. The Balaban J connectivity index is 0.00000225. The molecule has 0 aliphatic rings. The van der Waals surface area contributed by atoms with Gasteiger partial charge in [0.15, 0.2) is 0 Å². The molecule has 1 aromatic rings. The Morgan fingerprint density at radius 1 is 1.44 bits per heavy atom. The van der Waals surface area contributed by atoms with E-state index in [-0.39, 0.29) is 12.4 Å². The van der Waals surface area contributed by atoms with Crippen LogP contribution in [0.2, 0.25) is 0 Å². The van der Waals surface area contributed by atoms with Gasteiger partial charge in [0.05, 0.1) is 5.56 Å². The van der Waals surface area contributed by atoms with Gasteiger partial charge in [0, 0.05) is 12.1 Å². The number of rotatable bonds is 4. The van der Waals surface area contributed by atoms with E-state index in [1.54, 1.807) is 26.0 Å². The lowest BCUT2D eigenvalue weighted by Crippen LogP contribution is -2.12. The minimum absolute atomic E-state index is 0. The quantitative estimate of drug-likeness (QED) is 0.848. The summed E-state index contributed by atoms with van der Waals surface area (Å²) >= 11 is 0. The van der Waals surface area contributed by atoms with Crippen molar-refractivity contribution in [2.24, 2.45) is 5.73 Å². The zero-order valence-corrected chi connectivity index (χ0v) is 10.1. The Morgan fingerprint density at radius 2 is 2.06 bits per heavy atom. The molecular formula is C11H16ClNO3. The molecule has 0 radical (unpaired) electrons. The molecular weight excluding hydrogens is 230 g/mol. The van der Waals surface area contributed by atoms with E-state index in [1.165, 1.54) is 0 Å². The molecule has 16 heavy (non-hydrogen) atoms. The van der Waals surface area contributed by atoms with Crippen LogP contribution in [0.15, 0.2) is 12.1 Å². The molecule has 0 aromatic heterocycles. The molecule has 1 aromatic carbocycles. The number of halogens is 1. The molecule has 0 spiro atoms. The molecule has 4 nitrogen and oxygen atoms in total. The predicted octanol–water partition coefficient (Wildman–Crippen LogP) is 1.76. The van der Waals surface area contributed by atoms with Crippen LogP contribution >= 0.6 is 12.4 Å². The molecule has 0 atom stereocenters. The summed E-state index contributed by atoms with van der Waals surface area (Å²) in [6.07, 6.45) is 0. The molecule has 0 aliphatic heterocycles. The van der Waals surface area contributed by atoms with E-state index < -0.39 is 5.97 Å². The fraction of sp³-hybridized carbons (Fsp3) is 0.364. The normalized spacial score (nSPS) is 9.44.